The number of hydrogen-bond donors (Lipinski definition) is 2. The first-order valence-electron chi connectivity index (χ1n) is 6.43. The molecule has 0 saturated carbocycles. The standard InChI is InChI=1S/C13H20N4O/c1-10-5-3-6-11(2)17(10)16-13(18)15-12-7-4-8-14-9-12/h4,7-11H,3,5-6H2,1-2H3,(H2,15,16,18). The molecule has 2 N–H and O–H groups in total. The Morgan fingerprint density at radius 3 is 2.72 bits per heavy atom. The number of anilines is 1. The van der Waals surface area contributed by atoms with Crippen LogP contribution >= 0.6 is 0 Å². The van der Waals surface area contributed by atoms with Crippen molar-refractivity contribution in [3.63, 3.8) is 0 Å². The summed E-state index contributed by atoms with van der Waals surface area (Å²) in [6, 6.07) is 4.17. The van der Waals surface area contributed by atoms with E-state index in [2.05, 4.69) is 29.6 Å². The third kappa shape index (κ3) is 3.20. The molecule has 1 aromatic rings. The lowest BCUT2D eigenvalue weighted by Gasteiger charge is -2.38. The summed E-state index contributed by atoms with van der Waals surface area (Å²) in [5.41, 5.74) is 3.62. The van der Waals surface area contributed by atoms with E-state index in [1.165, 1.54) is 6.42 Å². The van der Waals surface area contributed by atoms with Gasteiger partial charge < -0.3 is 5.32 Å². The van der Waals surface area contributed by atoms with Gasteiger partial charge in [0.1, 0.15) is 0 Å². The molecule has 0 bridgehead atoms. The van der Waals surface area contributed by atoms with E-state index in [9.17, 15) is 4.79 Å². The maximum Gasteiger partial charge on any atom is 0.333 e. The Morgan fingerprint density at radius 1 is 1.39 bits per heavy atom. The van der Waals surface area contributed by atoms with Crippen molar-refractivity contribution in [2.75, 3.05) is 5.32 Å². The lowest BCUT2D eigenvalue weighted by atomic mass is 10.00. The molecule has 1 fully saturated rings. The second-order valence-electron chi connectivity index (χ2n) is 4.84. The molecule has 2 amide bonds. The summed E-state index contributed by atoms with van der Waals surface area (Å²) < 4.78 is 0. The van der Waals surface area contributed by atoms with E-state index in [0.717, 1.165) is 12.8 Å². The first-order chi connectivity index (χ1) is 8.66. The summed E-state index contributed by atoms with van der Waals surface area (Å²) in [7, 11) is 0. The summed E-state index contributed by atoms with van der Waals surface area (Å²) >= 11 is 0. The van der Waals surface area contributed by atoms with E-state index < -0.39 is 0 Å². The summed E-state index contributed by atoms with van der Waals surface area (Å²) in [6.45, 7) is 4.28. The lowest BCUT2D eigenvalue weighted by molar-refractivity contribution is 0.0625. The number of aromatic nitrogens is 1. The molecule has 5 nitrogen and oxygen atoms in total. The molecule has 1 aliphatic heterocycles. The van der Waals surface area contributed by atoms with Crippen molar-refractivity contribution in [1.29, 1.82) is 0 Å². The molecule has 2 atom stereocenters. The maximum absolute atomic E-state index is 11.9. The highest BCUT2D eigenvalue weighted by Gasteiger charge is 2.25. The lowest BCUT2D eigenvalue weighted by Crippen LogP contribution is -2.55. The zero-order valence-electron chi connectivity index (χ0n) is 10.9. The number of nitrogens with zero attached hydrogens (tertiary/aromatic N) is 2. The van der Waals surface area contributed by atoms with Crippen LogP contribution in [0.2, 0.25) is 0 Å². The number of rotatable bonds is 2. The van der Waals surface area contributed by atoms with E-state index in [1.54, 1.807) is 18.5 Å². The van der Waals surface area contributed by atoms with Crippen molar-refractivity contribution in [2.24, 2.45) is 0 Å². The van der Waals surface area contributed by atoms with Crippen molar-refractivity contribution in [3.8, 4) is 0 Å². The molecule has 2 heterocycles. The third-order valence-corrected chi connectivity index (χ3v) is 3.34. The molecule has 1 saturated heterocycles. The Kier molecular flexibility index (Phi) is 4.15. The number of nitrogens with one attached hydrogen (secondary N) is 2. The minimum absolute atomic E-state index is 0.205. The van der Waals surface area contributed by atoms with Gasteiger partial charge in [0.2, 0.25) is 0 Å². The largest absolute Gasteiger partial charge is 0.333 e. The first-order valence-corrected chi connectivity index (χ1v) is 6.43. The summed E-state index contributed by atoms with van der Waals surface area (Å²) in [5, 5.41) is 4.81. The van der Waals surface area contributed by atoms with Crippen LogP contribution in [-0.4, -0.2) is 28.1 Å². The molecule has 1 aromatic heterocycles. The predicted molar refractivity (Wildman–Crippen MR) is 71.0 cm³/mol. The highest BCUT2D eigenvalue weighted by molar-refractivity contribution is 5.88. The number of carbonyl (C=O) groups excluding carboxylic acids is 1. The van der Waals surface area contributed by atoms with E-state index in [4.69, 9.17) is 0 Å². The maximum atomic E-state index is 11.9. The molecular formula is C13H20N4O. The Balaban J connectivity index is 1.90. The van der Waals surface area contributed by atoms with Crippen LogP contribution in [0.5, 0.6) is 0 Å². The van der Waals surface area contributed by atoms with Crippen LogP contribution < -0.4 is 10.7 Å². The Labute approximate surface area is 108 Å². The van der Waals surface area contributed by atoms with Gasteiger partial charge in [0.25, 0.3) is 0 Å². The number of urea groups is 1. The van der Waals surface area contributed by atoms with Gasteiger partial charge in [-0.3, -0.25) is 10.4 Å². The smallest absolute Gasteiger partial charge is 0.305 e. The number of piperidine rings is 1. The summed E-state index contributed by atoms with van der Waals surface area (Å²) in [5.74, 6) is 0. The Hall–Kier alpha value is -1.62. The van der Waals surface area contributed by atoms with Crippen molar-refractivity contribution in [3.05, 3.63) is 24.5 Å². The van der Waals surface area contributed by atoms with E-state index in [1.807, 2.05) is 11.1 Å². The highest BCUT2D eigenvalue weighted by Crippen LogP contribution is 2.20. The zero-order valence-corrected chi connectivity index (χ0v) is 10.9. The predicted octanol–water partition coefficient (Wildman–Crippen LogP) is 2.38. The van der Waals surface area contributed by atoms with Gasteiger partial charge in [-0.1, -0.05) is 6.42 Å². The van der Waals surface area contributed by atoms with Gasteiger partial charge in [-0.25, -0.2) is 9.80 Å². The van der Waals surface area contributed by atoms with E-state index in [0.29, 0.717) is 17.8 Å². The second kappa shape index (κ2) is 5.82. The van der Waals surface area contributed by atoms with Crippen LogP contribution in [0.4, 0.5) is 10.5 Å². The molecule has 2 rings (SSSR count). The number of hydrazine groups is 1. The van der Waals surface area contributed by atoms with E-state index >= 15 is 0 Å². The minimum atomic E-state index is -0.205. The number of amides is 2. The number of carbonyl (C=O) groups is 1. The molecule has 0 spiro atoms. The molecule has 0 aliphatic carbocycles. The summed E-state index contributed by atoms with van der Waals surface area (Å²) in [4.78, 5) is 15.8. The average molecular weight is 248 g/mol. The normalized spacial score (nSPS) is 24.6. The SMILES string of the molecule is CC1CCCC(C)N1NC(=O)Nc1cccnc1. The quantitative estimate of drug-likeness (QED) is 0.845. The highest BCUT2D eigenvalue weighted by atomic mass is 16.2. The van der Waals surface area contributed by atoms with Crippen LogP contribution in [0.25, 0.3) is 0 Å². The van der Waals surface area contributed by atoms with Gasteiger partial charge in [-0.05, 0) is 38.8 Å². The molecule has 98 valence electrons. The van der Waals surface area contributed by atoms with Crippen LogP contribution in [0.1, 0.15) is 33.1 Å². The van der Waals surface area contributed by atoms with Crippen LogP contribution in [0, 0.1) is 0 Å². The van der Waals surface area contributed by atoms with Crippen LogP contribution in [0.15, 0.2) is 24.5 Å². The molecule has 5 heteroatoms. The Bertz CT molecular complexity index is 385. The monoisotopic (exact) mass is 248 g/mol. The van der Waals surface area contributed by atoms with Crippen molar-refractivity contribution in [2.45, 2.75) is 45.2 Å². The molecule has 0 radical (unpaired) electrons. The van der Waals surface area contributed by atoms with Crippen molar-refractivity contribution in [1.82, 2.24) is 15.4 Å². The fraction of sp³-hybridized carbons (Fsp3) is 0.538. The first kappa shape index (κ1) is 12.8. The molecule has 18 heavy (non-hydrogen) atoms. The zero-order chi connectivity index (χ0) is 13.0. The van der Waals surface area contributed by atoms with E-state index in [-0.39, 0.29) is 6.03 Å². The van der Waals surface area contributed by atoms with Gasteiger partial charge in [0.05, 0.1) is 11.9 Å². The van der Waals surface area contributed by atoms with Crippen LogP contribution in [0.3, 0.4) is 0 Å². The van der Waals surface area contributed by atoms with Gasteiger partial charge in [0.15, 0.2) is 0 Å². The van der Waals surface area contributed by atoms with Crippen molar-refractivity contribution < 1.29 is 4.79 Å². The fourth-order valence-corrected chi connectivity index (χ4v) is 2.35. The van der Waals surface area contributed by atoms with Crippen molar-refractivity contribution >= 4 is 11.7 Å². The van der Waals surface area contributed by atoms with Gasteiger partial charge in [0, 0.05) is 18.3 Å². The van der Waals surface area contributed by atoms with Gasteiger partial charge in [-0.2, -0.15) is 0 Å². The number of pyridine rings is 1. The fourth-order valence-electron chi connectivity index (χ4n) is 2.35. The topological polar surface area (TPSA) is 57.3 Å². The second-order valence-corrected chi connectivity index (χ2v) is 4.84. The average Bonchev–Trinajstić information content (AvgIpc) is 2.35. The minimum Gasteiger partial charge on any atom is -0.305 e. The summed E-state index contributed by atoms with van der Waals surface area (Å²) in [6.07, 6.45) is 6.78. The molecular weight excluding hydrogens is 228 g/mol. The molecule has 2 unspecified atom stereocenters. The molecule has 1 aliphatic rings. The van der Waals surface area contributed by atoms with Gasteiger partial charge in [-0.15, -0.1) is 0 Å². The Morgan fingerprint density at radius 2 is 2.11 bits per heavy atom. The third-order valence-electron chi connectivity index (χ3n) is 3.34. The van der Waals surface area contributed by atoms with Gasteiger partial charge >= 0.3 is 6.03 Å². The van der Waals surface area contributed by atoms with Crippen LogP contribution in [-0.2, 0) is 0 Å². The molecule has 0 aromatic carbocycles. The number of hydrogen-bond acceptors (Lipinski definition) is 3.